The van der Waals surface area contributed by atoms with Crippen LogP contribution in [0.25, 0.3) is 0 Å². The molecule has 6 heteroatoms. The normalized spacial score (nSPS) is 17.5. The molecule has 1 fully saturated rings. The summed E-state index contributed by atoms with van der Waals surface area (Å²) in [4.78, 5) is 9.23. The Labute approximate surface area is 190 Å². The Morgan fingerprint density at radius 2 is 1.88 bits per heavy atom. The fourth-order valence-electron chi connectivity index (χ4n) is 4.03. The first-order valence-corrected chi connectivity index (χ1v) is 11.2. The summed E-state index contributed by atoms with van der Waals surface area (Å²) in [6.45, 7) is 9.12. The van der Waals surface area contributed by atoms with Crippen molar-refractivity contribution in [2.75, 3.05) is 44.4 Å². The third-order valence-corrected chi connectivity index (χ3v) is 6.01. The van der Waals surface area contributed by atoms with Gasteiger partial charge in [-0.2, -0.15) is 5.26 Å². The quantitative estimate of drug-likeness (QED) is 0.761. The lowest BCUT2D eigenvalue weighted by atomic mass is 9.93. The number of nitriles is 1. The Kier molecular flexibility index (Phi) is 6.71. The number of morpholine rings is 1. The summed E-state index contributed by atoms with van der Waals surface area (Å²) in [7, 11) is 0. The summed E-state index contributed by atoms with van der Waals surface area (Å²) in [6, 6.07) is 18.9. The third-order valence-electron chi connectivity index (χ3n) is 6.01. The summed E-state index contributed by atoms with van der Waals surface area (Å²) in [6.07, 6.45) is 2.90. The van der Waals surface area contributed by atoms with E-state index in [4.69, 9.17) is 15.5 Å². The molecule has 1 saturated heterocycles. The smallest absolute Gasteiger partial charge is 0.115 e. The molecule has 0 saturated carbocycles. The Morgan fingerprint density at radius 1 is 1.12 bits per heavy atom. The molecule has 2 aromatic rings. The highest BCUT2D eigenvalue weighted by Crippen LogP contribution is 2.24. The second-order valence-corrected chi connectivity index (χ2v) is 8.95. The third kappa shape index (κ3) is 5.25. The predicted octanol–water partition coefficient (Wildman–Crippen LogP) is 3.43. The number of aliphatic imine (C=N–C) groups is 1. The molecule has 2 aromatic carbocycles. The Balaban J connectivity index is 1.47. The van der Waals surface area contributed by atoms with E-state index in [2.05, 4.69) is 35.2 Å². The molecule has 2 aliphatic heterocycles. The lowest BCUT2D eigenvalue weighted by molar-refractivity contribution is 0.0384. The van der Waals surface area contributed by atoms with Crippen LogP contribution in [0.1, 0.15) is 30.5 Å². The lowest BCUT2D eigenvalue weighted by Gasteiger charge is -2.27. The maximum absolute atomic E-state index is 9.79. The Bertz CT molecular complexity index is 1040. The fourth-order valence-corrected chi connectivity index (χ4v) is 4.03. The number of ether oxygens (including phenoxy) is 1. The van der Waals surface area contributed by atoms with Crippen molar-refractivity contribution in [3.05, 3.63) is 77.0 Å². The van der Waals surface area contributed by atoms with Crippen molar-refractivity contribution in [3.63, 3.8) is 0 Å². The monoisotopic (exact) mass is 429 g/mol. The molecule has 166 valence electrons. The van der Waals surface area contributed by atoms with Crippen LogP contribution in [0.4, 0.5) is 5.69 Å². The molecule has 0 amide bonds. The van der Waals surface area contributed by atoms with Gasteiger partial charge in [0.15, 0.2) is 0 Å². The van der Waals surface area contributed by atoms with Crippen LogP contribution in [0.3, 0.4) is 0 Å². The Morgan fingerprint density at radius 3 is 2.56 bits per heavy atom. The molecule has 0 bridgehead atoms. The molecule has 6 nitrogen and oxygen atoms in total. The fraction of sp³-hybridized carbons (Fsp3) is 0.385. The van der Waals surface area contributed by atoms with Crippen LogP contribution in [0, 0.1) is 11.3 Å². The zero-order valence-electron chi connectivity index (χ0n) is 18.9. The first-order chi connectivity index (χ1) is 15.4. The number of hydrogen-bond donors (Lipinski definition) is 1. The minimum Gasteiger partial charge on any atom is -0.379 e. The molecular formula is C26H31N5O. The maximum Gasteiger partial charge on any atom is 0.115 e. The number of nitrogens with zero attached hydrogens (tertiary/aromatic N) is 4. The molecule has 0 spiro atoms. The second kappa shape index (κ2) is 9.66. The number of nitrogens with two attached hydrogens (primary N) is 1. The molecular weight excluding hydrogens is 398 g/mol. The predicted molar refractivity (Wildman–Crippen MR) is 129 cm³/mol. The molecule has 2 aliphatic rings. The van der Waals surface area contributed by atoms with E-state index in [9.17, 15) is 5.26 Å². The van der Waals surface area contributed by atoms with Gasteiger partial charge in [0, 0.05) is 42.6 Å². The van der Waals surface area contributed by atoms with Gasteiger partial charge in [0.1, 0.15) is 12.7 Å². The number of hydrogen-bond acceptors (Lipinski definition) is 6. The average molecular weight is 430 g/mol. The second-order valence-electron chi connectivity index (χ2n) is 8.95. The molecule has 0 aromatic heterocycles. The minimum absolute atomic E-state index is 0.398. The standard InChI is InChI=1S/C26H31N5O/c1-26(2,28)23-8-6-21(7-9-23)25-22(17-27)18-31(19-29-25)24-5-3-4-20(16-24)10-11-30-12-14-32-15-13-30/h3-9,16,18H,10-15,19,28H2,1-2H3. The summed E-state index contributed by atoms with van der Waals surface area (Å²) in [5.74, 6) is 0. The van der Waals surface area contributed by atoms with Crippen molar-refractivity contribution in [1.82, 2.24) is 4.90 Å². The first kappa shape index (κ1) is 22.2. The van der Waals surface area contributed by atoms with E-state index >= 15 is 0 Å². The van der Waals surface area contributed by atoms with Gasteiger partial charge in [0.05, 0.1) is 24.5 Å². The lowest BCUT2D eigenvalue weighted by Crippen LogP contribution is -2.37. The SMILES string of the molecule is CC(C)(N)c1ccc(C2=NCN(c3cccc(CCN4CCOCC4)c3)C=C2C#N)cc1. The number of benzene rings is 2. The van der Waals surface area contributed by atoms with Crippen LogP contribution in [0.5, 0.6) is 0 Å². The van der Waals surface area contributed by atoms with Crippen LogP contribution >= 0.6 is 0 Å². The van der Waals surface area contributed by atoms with E-state index in [1.807, 2.05) is 49.2 Å². The molecule has 2 N–H and O–H groups in total. The number of rotatable bonds is 6. The van der Waals surface area contributed by atoms with Gasteiger partial charge in [-0.15, -0.1) is 0 Å². The van der Waals surface area contributed by atoms with Gasteiger partial charge in [-0.1, -0.05) is 36.4 Å². The Hall–Kier alpha value is -2.98. The minimum atomic E-state index is -0.398. The van der Waals surface area contributed by atoms with E-state index in [1.165, 1.54) is 5.56 Å². The number of anilines is 1. The van der Waals surface area contributed by atoms with Crippen molar-refractivity contribution in [3.8, 4) is 6.07 Å². The van der Waals surface area contributed by atoms with Crippen LogP contribution in [-0.4, -0.2) is 50.1 Å². The molecule has 0 unspecified atom stereocenters. The summed E-state index contributed by atoms with van der Waals surface area (Å²) < 4.78 is 5.43. The van der Waals surface area contributed by atoms with Crippen molar-refractivity contribution in [2.45, 2.75) is 25.8 Å². The molecule has 4 rings (SSSR count). The molecule has 32 heavy (non-hydrogen) atoms. The summed E-state index contributed by atoms with van der Waals surface area (Å²) in [5, 5.41) is 9.79. The highest BCUT2D eigenvalue weighted by Gasteiger charge is 2.19. The molecule has 0 aliphatic carbocycles. The van der Waals surface area contributed by atoms with Gasteiger partial charge in [-0.05, 0) is 43.5 Å². The zero-order chi connectivity index (χ0) is 22.6. The average Bonchev–Trinajstić information content (AvgIpc) is 2.83. The van der Waals surface area contributed by atoms with Crippen molar-refractivity contribution >= 4 is 11.4 Å². The van der Waals surface area contributed by atoms with Crippen LogP contribution in [-0.2, 0) is 16.7 Å². The van der Waals surface area contributed by atoms with E-state index in [-0.39, 0.29) is 0 Å². The molecule has 0 atom stereocenters. The van der Waals surface area contributed by atoms with Gasteiger partial charge >= 0.3 is 0 Å². The van der Waals surface area contributed by atoms with Crippen LogP contribution in [0.2, 0.25) is 0 Å². The largest absolute Gasteiger partial charge is 0.379 e. The number of allylic oxidation sites excluding steroid dienone is 1. The maximum atomic E-state index is 9.79. The van der Waals surface area contributed by atoms with Gasteiger partial charge < -0.3 is 15.4 Å². The van der Waals surface area contributed by atoms with E-state index in [1.54, 1.807) is 0 Å². The van der Waals surface area contributed by atoms with Crippen LogP contribution in [0.15, 0.2) is 65.3 Å². The van der Waals surface area contributed by atoms with Crippen molar-refractivity contribution in [1.29, 1.82) is 5.26 Å². The van der Waals surface area contributed by atoms with Crippen molar-refractivity contribution in [2.24, 2.45) is 10.7 Å². The van der Waals surface area contributed by atoms with Crippen molar-refractivity contribution < 1.29 is 4.74 Å². The van der Waals surface area contributed by atoms with Gasteiger partial charge in [-0.3, -0.25) is 9.89 Å². The van der Waals surface area contributed by atoms with Gasteiger partial charge in [0.25, 0.3) is 0 Å². The molecule has 2 heterocycles. The highest BCUT2D eigenvalue weighted by atomic mass is 16.5. The zero-order valence-corrected chi connectivity index (χ0v) is 18.9. The van der Waals surface area contributed by atoms with E-state index < -0.39 is 5.54 Å². The first-order valence-electron chi connectivity index (χ1n) is 11.2. The summed E-state index contributed by atoms with van der Waals surface area (Å²) >= 11 is 0. The van der Waals surface area contributed by atoms with E-state index in [0.717, 1.165) is 61.8 Å². The molecule has 0 radical (unpaired) electrons. The topological polar surface area (TPSA) is 77.9 Å². The van der Waals surface area contributed by atoms with Gasteiger partial charge in [-0.25, -0.2) is 0 Å². The van der Waals surface area contributed by atoms with Crippen LogP contribution < -0.4 is 10.6 Å². The van der Waals surface area contributed by atoms with E-state index in [0.29, 0.717) is 12.2 Å². The summed E-state index contributed by atoms with van der Waals surface area (Å²) in [5.41, 5.74) is 11.4. The van der Waals surface area contributed by atoms with Gasteiger partial charge in [0.2, 0.25) is 0 Å². The highest BCUT2D eigenvalue weighted by molar-refractivity contribution is 6.15.